The minimum atomic E-state index is 0.572. The molecule has 16 heavy (non-hydrogen) atoms. The molecule has 0 spiro atoms. The minimum absolute atomic E-state index is 0.572. The van der Waals surface area contributed by atoms with E-state index in [1.807, 2.05) is 24.3 Å². The summed E-state index contributed by atoms with van der Waals surface area (Å²) in [6.45, 7) is 0. The standard InChI is InChI=1S/C12H9ClINO/c13-8-1-6-11(15)12(7-8)16-10-4-2-9(14)3-5-10/h1-7H,15H2. The molecule has 2 rings (SSSR count). The summed E-state index contributed by atoms with van der Waals surface area (Å²) < 4.78 is 6.79. The quantitative estimate of drug-likeness (QED) is 0.650. The molecule has 0 bridgehead atoms. The first-order valence-corrected chi connectivity index (χ1v) is 6.09. The summed E-state index contributed by atoms with van der Waals surface area (Å²) in [7, 11) is 0. The molecule has 2 N–H and O–H groups in total. The van der Waals surface area contributed by atoms with E-state index in [1.165, 1.54) is 0 Å². The first kappa shape index (κ1) is 11.5. The predicted molar refractivity (Wildman–Crippen MR) is 75.1 cm³/mol. The zero-order valence-electron chi connectivity index (χ0n) is 8.28. The Morgan fingerprint density at radius 3 is 2.44 bits per heavy atom. The summed E-state index contributed by atoms with van der Waals surface area (Å²) in [5.74, 6) is 1.32. The van der Waals surface area contributed by atoms with E-state index in [0.29, 0.717) is 16.5 Å². The van der Waals surface area contributed by atoms with Crippen LogP contribution in [0.5, 0.6) is 11.5 Å². The average Bonchev–Trinajstić information content (AvgIpc) is 2.27. The lowest BCUT2D eigenvalue weighted by Crippen LogP contribution is -1.91. The number of anilines is 1. The van der Waals surface area contributed by atoms with Gasteiger partial charge < -0.3 is 10.5 Å². The minimum Gasteiger partial charge on any atom is -0.455 e. The molecule has 0 heterocycles. The third-order valence-electron chi connectivity index (χ3n) is 2.02. The van der Waals surface area contributed by atoms with Crippen LogP contribution in [0.3, 0.4) is 0 Å². The van der Waals surface area contributed by atoms with E-state index in [-0.39, 0.29) is 0 Å². The highest BCUT2D eigenvalue weighted by Crippen LogP contribution is 2.30. The smallest absolute Gasteiger partial charge is 0.151 e. The van der Waals surface area contributed by atoms with Crippen LogP contribution in [0.25, 0.3) is 0 Å². The average molecular weight is 346 g/mol. The molecular weight excluding hydrogens is 336 g/mol. The molecule has 0 radical (unpaired) electrons. The van der Waals surface area contributed by atoms with Gasteiger partial charge in [0.2, 0.25) is 0 Å². The van der Waals surface area contributed by atoms with Gasteiger partial charge in [-0.2, -0.15) is 0 Å². The summed E-state index contributed by atoms with van der Waals surface area (Å²) in [4.78, 5) is 0. The molecule has 0 aromatic heterocycles. The van der Waals surface area contributed by atoms with E-state index in [2.05, 4.69) is 22.6 Å². The monoisotopic (exact) mass is 345 g/mol. The first-order valence-electron chi connectivity index (χ1n) is 4.63. The molecular formula is C12H9ClINO. The van der Waals surface area contributed by atoms with Crippen LogP contribution in [0, 0.1) is 3.57 Å². The van der Waals surface area contributed by atoms with Crippen molar-refractivity contribution in [2.75, 3.05) is 5.73 Å². The largest absolute Gasteiger partial charge is 0.455 e. The van der Waals surface area contributed by atoms with Gasteiger partial charge in [0.1, 0.15) is 5.75 Å². The van der Waals surface area contributed by atoms with Crippen molar-refractivity contribution in [1.82, 2.24) is 0 Å². The summed E-state index contributed by atoms with van der Waals surface area (Å²) in [5, 5.41) is 0.606. The molecule has 82 valence electrons. The van der Waals surface area contributed by atoms with Crippen LogP contribution in [-0.4, -0.2) is 0 Å². The molecule has 0 amide bonds. The maximum atomic E-state index is 5.87. The van der Waals surface area contributed by atoms with Gasteiger partial charge in [-0.1, -0.05) is 11.6 Å². The van der Waals surface area contributed by atoms with Crippen LogP contribution < -0.4 is 10.5 Å². The van der Waals surface area contributed by atoms with Crippen LogP contribution >= 0.6 is 34.2 Å². The lowest BCUT2D eigenvalue weighted by atomic mass is 10.3. The molecule has 0 aliphatic heterocycles. The number of ether oxygens (including phenoxy) is 1. The maximum Gasteiger partial charge on any atom is 0.151 e. The van der Waals surface area contributed by atoms with Gasteiger partial charge in [-0.05, 0) is 59.0 Å². The molecule has 0 fully saturated rings. The topological polar surface area (TPSA) is 35.2 Å². The van der Waals surface area contributed by atoms with Crippen molar-refractivity contribution in [1.29, 1.82) is 0 Å². The van der Waals surface area contributed by atoms with Gasteiger partial charge in [0.15, 0.2) is 5.75 Å². The van der Waals surface area contributed by atoms with E-state index >= 15 is 0 Å². The number of nitrogens with two attached hydrogens (primary N) is 1. The van der Waals surface area contributed by atoms with E-state index in [1.54, 1.807) is 18.2 Å². The Bertz CT molecular complexity index is 499. The van der Waals surface area contributed by atoms with Crippen molar-refractivity contribution in [2.45, 2.75) is 0 Å². The molecule has 4 heteroatoms. The fraction of sp³-hybridized carbons (Fsp3) is 0. The SMILES string of the molecule is Nc1ccc(Cl)cc1Oc1ccc(I)cc1. The Labute approximate surface area is 113 Å². The molecule has 2 aromatic rings. The van der Waals surface area contributed by atoms with Crippen molar-refractivity contribution >= 4 is 39.9 Å². The fourth-order valence-corrected chi connectivity index (χ4v) is 1.75. The summed E-state index contributed by atoms with van der Waals surface area (Å²) in [5.41, 5.74) is 6.35. The number of hydrogen-bond acceptors (Lipinski definition) is 2. The highest BCUT2D eigenvalue weighted by molar-refractivity contribution is 14.1. The van der Waals surface area contributed by atoms with Crippen LogP contribution in [0.1, 0.15) is 0 Å². The van der Waals surface area contributed by atoms with Crippen molar-refractivity contribution in [3.8, 4) is 11.5 Å². The van der Waals surface area contributed by atoms with Crippen LogP contribution in [-0.2, 0) is 0 Å². The molecule has 0 atom stereocenters. The summed E-state index contributed by atoms with van der Waals surface area (Å²) >= 11 is 8.11. The van der Waals surface area contributed by atoms with E-state index in [4.69, 9.17) is 22.1 Å². The fourth-order valence-electron chi connectivity index (χ4n) is 1.23. The Balaban J connectivity index is 2.26. The Hall–Kier alpha value is -0.940. The number of halogens is 2. The third-order valence-corrected chi connectivity index (χ3v) is 2.97. The van der Waals surface area contributed by atoms with Gasteiger partial charge in [0.25, 0.3) is 0 Å². The van der Waals surface area contributed by atoms with Gasteiger partial charge in [0.05, 0.1) is 5.69 Å². The Kier molecular flexibility index (Phi) is 3.56. The Morgan fingerprint density at radius 1 is 1.06 bits per heavy atom. The van der Waals surface area contributed by atoms with Crippen molar-refractivity contribution in [3.63, 3.8) is 0 Å². The van der Waals surface area contributed by atoms with Gasteiger partial charge >= 0.3 is 0 Å². The highest BCUT2D eigenvalue weighted by atomic mass is 127. The van der Waals surface area contributed by atoms with Crippen LogP contribution in [0.2, 0.25) is 5.02 Å². The van der Waals surface area contributed by atoms with Crippen molar-refractivity contribution in [3.05, 3.63) is 51.1 Å². The van der Waals surface area contributed by atoms with Crippen LogP contribution in [0.4, 0.5) is 5.69 Å². The van der Waals surface area contributed by atoms with Crippen molar-refractivity contribution < 1.29 is 4.74 Å². The van der Waals surface area contributed by atoms with Crippen LogP contribution in [0.15, 0.2) is 42.5 Å². The second-order valence-electron chi connectivity index (χ2n) is 3.24. The lowest BCUT2D eigenvalue weighted by Gasteiger charge is -2.08. The number of nitrogen functional groups attached to an aromatic ring is 1. The van der Waals surface area contributed by atoms with E-state index in [9.17, 15) is 0 Å². The summed E-state index contributed by atoms with van der Waals surface area (Å²) in [6, 6.07) is 12.9. The summed E-state index contributed by atoms with van der Waals surface area (Å²) in [6.07, 6.45) is 0. The molecule has 0 aliphatic carbocycles. The maximum absolute atomic E-state index is 5.87. The number of rotatable bonds is 2. The second-order valence-corrected chi connectivity index (χ2v) is 4.92. The van der Waals surface area contributed by atoms with E-state index in [0.717, 1.165) is 9.32 Å². The van der Waals surface area contributed by atoms with E-state index < -0.39 is 0 Å². The first-order chi connectivity index (χ1) is 7.65. The zero-order valence-corrected chi connectivity index (χ0v) is 11.2. The predicted octanol–water partition coefficient (Wildman–Crippen LogP) is 4.32. The highest BCUT2D eigenvalue weighted by Gasteiger charge is 2.02. The zero-order chi connectivity index (χ0) is 11.5. The molecule has 0 saturated carbocycles. The number of benzene rings is 2. The second kappa shape index (κ2) is 4.93. The normalized spacial score (nSPS) is 10.1. The van der Waals surface area contributed by atoms with Gasteiger partial charge in [-0.25, -0.2) is 0 Å². The molecule has 2 aromatic carbocycles. The third kappa shape index (κ3) is 2.80. The number of hydrogen-bond donors (Lipinski definition) is 1. The molecule has 0 saturated heterocycles. The lowest BCUT2D eigenvalue weighted by molar-refractivity contribution is 0.485. The molecule has 0 aliphatic rings. The van der Waals surface area contributed by atoms with Crippen molar-refractivity contribution in [2.24, 2.45) is 0 Å². The Morgan fingerprint density at radius 2 is 1.75 bits per heavy atom. The molecule has 2 nitrogen and oxygen atoms in total. The molecule has 0 unspecified atom stereocenters. The van der Waals surface area contributed by atoms with Gasteiger partial charge in [0, 0.05) is 14.7 Å². The van der Waals surface area contributed by atoms with Gasteiger partial charge in [-0.15, -0.1) is 0 Å². The van der Waals surface area contributed by atoms with Gasteiger partial charge in [-0.3, -0.25) is 0 Å².